The predicted octanol–water partition coefficient (Wildman–Crippen LogP) is 15.2. The SMILES string of the molecule is CCCCCCCCCCCCCCCCCCCCCCCCCCCCCC(=O)OC(COC(=O)CCCCCCCCCCCCC)COP(=O)(O)OCCN. The van der Waals surface area contributed by atoms with Crippen LogP contribution >= 0.6 is 7.82 Å². The van der Waals surface area contributed by atoms with Crippen molar-refractivity contribution < 1.29 is 37.6 Å². The molecule has 0 radical (unpaired) electrons. The molecular formula is C49H98NO8P. The summed E-state index contributed by atoms with van der Waals surface area (Å²) in [5.41, 5.74) is 5.36. The van der Waals surface area contributed by atoms with Crippen molar-refractivity contribution in [2.75, 3.05) is 26.4 Å². The van der Waals surface area contributed by atoms with Crippen molar-refractivity contribution in [3.8, 4) is 0 Å². The Morgan fingerprint density at radius 1 is 0.441 bits per heavy atom. The van der Waals surface area contributed by atoms with Gasteiger partial charge >= 0.3 is 19.8 Å². The molecule has 0 fully saturated rings. The zero-order chi connectivity index (χ0) is 43.2. The number of carbonyl (C=O) groups excluding carboxylic acids is 2. The van der Waals surface area contributed by atoms with Gasteiger partial charge in [0.15, 0.2) is 6.10 Å². The van der Waals surface area contributed by atoms with E-state index in [9.17, 15) is 19.0 Å². The van der Waals surface area contributed by atoms with E-state index in [1.165, 1.54) is 205 Å². The number of ether oxygens (including phenoxy) is 2. The van der Waals surface area contributed by atoms with Crippen molar-refractivity contribution in [2.24, 2.45) is 5.73 Å². The summed E-state index contributed by atoms with van der Waals surface area (Å²) in [6.07, 6.45) is 48.8. The lowest BCUT2D eigenvalue weighted by Gasteiger charge is -2.19. The number of nitrogens with two attached hydrogens (primary N) is 1. The highest BCUT2D eigenvalue weighted by molar-refractivity contribution is 7.47. The lowest BCUT2D eigenvalue weighted by molar-refractivity contribution is -0.161. The van der Waals surface area contributed by atoms with Crippen molar-refractivity contribution in [2.45, 2.75) is 277 Å². The molecule has 0 aliphatic carbocycles. The van der Waals surface area contributed by atoms with Gasteiger partial charge in [0.2, 0.25) is 0 Å². The van der Waals surface area contributed by atoms with E-state index >= 15 is 0 Å². The lowest BCUT2D eigenvalue weighted by atomic mass is 10.0. The first-order chi connectivity index (χ1) is 28.8. The fourth-order valence-corrected chi connectivity index (χ4v) is 8.46. The summed E-state index contributed by atoms with van der Waals surface area (Å²) in [7, 11) is -4.37. The van der Waals surface area contributed by atoms with Gasteiger partial charge in [-0.2, -0.15) is 0 Å². The fraction of sp³-hybridized carbons (Fsp3) is 0.959. The summed E-state index contributed by atoms with van der Waals surface area (Å²) >= 11 is 0. The van der Waals surface area contributed by atoms with E-state index in [1.54, 1.807) is 0 Å². The average molecular weight is 860 g/mol. The van der Waals surface area contributed by atoms with Gasteiger partial charge in [-0.05, 0) is 12.8 Å². The van der Waals surface area contributed by atoms with Crippen LogP contribution in [0.5, 0.6) is 0 Å². The molecule has 0 bridgehead atoms. The Hall–Kier alpha value is -0.990. The number of esters is 2. The van der Waals surface area contributed by atoms with E-state index in [0.29, 0.717) is 6.42 Å². The van der Waals surface area contributed by atoms with Crippen molar-refractivity contribution in [3.63, 3.8) is 0 Å². The number of phosphoric acid groups is 1. The molecule has 3 N–H and O–H groups in total. The quantitative estimate of drug-likeness (QED) is 0.0348. The summed E-state index contributed by atoms with van der Waals surface area (Å²) in [6, 6.07) is 0. The first kappa shape index (κ1) is 58.0. The standard InChI is InChI=1S/C49H98NO8P/c1-3-5-7-9-11-13-15-16-17-18-19-20-21-22-23-24-25-26-27-28-29-30-32-34-36-38-40-42-49(52)58-47(46-57-59(53,54)56-44-43-50)45-55-48(51)41-39-37-35-33-31-14-12-10-8-6-4-2/h47H,3-46,50H2,1-2H3,(H,53,54). The second-order valence-electron chi connectivity index (χ2n) is 17.4. The first-order valence-corrected chi connectivity index (χ1v) is 27.0. The van der Waals surface area contributed by atoms with E-state index in [4.69, 9.17) is 24.3 Å². The Labute approximate surface area is 365 Å². The first-order valence-electron chi connectivity index (χ1n) is 25.5. The highest BCUT2D eigenvalue weighted by atomic mass is 31.2. The minimum atomic E-state index is -4.37. The molecule has 0 saturated heterocycles. The predicted molar refractivity (Wildman–Crippen MR) is 248 cm³/mol. The summed E-state index contributed by atoms with van der Waals surface area (Å²) in [6.45, 7) is 3.78. The largest absolute Gasteiger partial charge is 0.472 e. The normalized spacial score (nSPS) is 13.1. The van der Waals surface area contributed by atoms with Gasteiger partial charge in [0.25, 0.3) is 0 Å². The zero-order valence-electron chi connectivity index (χ0n) is 39.0. The van der Waals surface area contributed by atoms with Crippen LogP contribution in [-0.4, -0.2) is 49.3 Å². The van der Waals surface area contributed by atoms with Crippen LogP contribution in [0.4, 0.5) is 0 Å². The van der Waals surface area contributed by atoms with Crippen LogP contribution in [0.1, 0.15) is 271 Å². The fourth-order valence-electron chi connectivity index (χ4n) is 7.70. The van der Waals surface area contributed by atoms with Crippen molar-refractivity contribution in [1.29, 1.82) is 0 Å². The zero-order valence-corrected chi connectivity index (χ0v) is 39.9. The molecule has 352 valence electrons. The number of hydrogen-bond acceptors (Lipinski definition) is 8. The van der Waals surface area contributed by atoms with Crippen molar-refractivity contribution >= 4 is 19.8 Å². The van der Waals surface area contributed by atoms with Gasteiger partial charge in [0.1, 0.15) is 6.61 Å². The van der Waals surface area contributed by atoms with Crippen molar-refractivity contribution in [1.82, 2.24) is 0 Å². The topological polar surface area (TPSA) is 134 Å². The van der Waals surface area contributed by atoms with E-state index in [-0.39, 0.29) is 38.6 Å². The van der Waals surface area contributed by atoms with Gasteiger partial charge in [-0.25, -0.2) is 4.57 Å². The highest BCUT2D eigenvalue weighted by Crippen LogP contribution is 2.43. The Kier molecular flexibility index (Phi) is 45.7. The van der Waals surface area contributed by atoms with Crippen LogP contribution in [-0.2, 0) is 32.7 Å². The molecule has 2 atom stereocenters. The minimum Gasteiger partial charge on any atom is -0.462 e. The molecule has 0 aliphatic heterocycles. The minimum absolute atomic E-state index is 0.0582. The van der Waals surface area contributed by atoms with E-state index in [1.807, 2.05) is 0 Å². The molecule has 0 aromatic heterocycles. The molecule has 0 heterocycles. The van der Waals surface area contributed by atoms with Gasteiger partial charge in [-0.15, -0.1) is 0 Å². The van der Waals surface area contributed by atoms with Gasteiger partial charge in [0.05, 0.1) is 13.2 Å². The van der Waals surface area contributed by atoms with Crippen LogP contribution in [0.3, 0.4) is 0 Å². The van der Waals surface area contributed by atoms with Gasteiger partial charge < -0.3 is 20.1 Å². The highest BCUT2D eigenvalue weighted by Gasteiger charge is 2.26. The number of unbranched alkanes of at least 4 members (excludes halogenated alkanes) is 36. The maximum atomic E-state index is 12.6. The maximum absolute atomic E-state index is 12.6. The molecule has 0 saturated carbocycles. The molecule has 0 spiro atoms. The lowest BCUT2D eigenvalue weighted by Crippen LogP contribution is -2.29. The number of hydrogen-bond donors (Lipinski definition) is 2. The summed E-state index contributed by atoms with van der Waals surface area (Å²) in [4.78, 5) is 34.9. The van der Waals surface area contributed by atoms with Gasteiger partial charge in [-0.3, -0.25) is 18.6 Å². The summed E-state index contributed by atoms with van der Waals surface area (Å²) < 4.78 is 32.8. The average Bonchev–Trinajstić information content (AvgIpc) is 3.22. The Morgan fingerprint density at radius 2 is 0.729 bits per heavy atom. The molecule has 0 aromatic carbocycles. The van der Waals surface area contributed by atoms with E-state index in [2.05, 4.69) is 13.8 Å². The third kappa shape index (κ3) is 46.3. The molecule has 10 heteroatoms. The van der Waals surface area contributed by atoms with Crippen LogP contribution in [0, 0.1) is 0 Å². The number of phosphoric ester groups is 1. The van der Waals surface area contributed by atoms with Crippen LogP contribution in [0.25, 0.3) is 0 Å². The molecule has 2 unspecified atom stereocenters. The van der Waals surface area contributed by atoms with Crippen LogP contribution in [0.15, 0.2) is 0 Å². The van der Waals surface area contributed by atoms with E-state index < -0.39 is 26.5 Å². The Morgan fingerprint density at radius 3 is 1.03 bits per heavy atom. The number of carbonyl (C=O) groups is 2. The molecular weight excluding hydrogens is 762 g/mol. The molecule has 0 amide bonds. The molecule has 9 nitrogen and oxygen atoms in total. The Balaban J connectivity index is 3.87. The van der Waals surface area contributed by atoms with Gasteiger partial charge in [-0.1, -0.05) is 245 Å². The molecule has 0 aliphatic rings. The summed E-state index contributed by atoms with van der Waals surface area (Å²) in [5.74, 6) is -0.811. The van der Waals surface area contributed by atoms with Gasteiger partial charge in [0, 0.05) is 19.4 Å². The third-order valence-corrected chi connectivity index (χ3v) is 12.5. The number of rotatable bonds is 49. The molecule has 59 heavy (non-hydrogen) atoms. The maximum Gasteiger partial charge on any atom is 0.472 e. The molecule has 0 rings (SSSR count). The van der Waals surface area contributed by atoms with Crippen LogP contribution in [0.2, 0.25) is 0 Å². The Bertz CT molecular complexity index is 938. The third-order valence-electron chi connectivity index (χ3n) is 11.5. The smallest absolute Gasteiger partial charge is 0.462 e. The van der Waals surface area contributed by atoms with Crippen molar-refractivity contribution in [3.05, 3.63) is 0 Å². The second kappa shape index (κ2) is 46.5. The van der Waals surface area contributed by atoms with E-state index in [0.717, 1.165) is 32.1 Å². The molecule has 0 aromatic rings. The van der Waals surface area contributed by atoms with Crippen LogP contribution < -0.4 is 5.73 Å². The second-order valence-corrected chi connectivity index (χ2v) is 18.9. The monoisotopic (exact) mass is 860 g/mol. The summed E-state index contributed by atoms with van der Waals surface area (Å²) in [5, 5.41) is 0.